The Labute approximate surface area is 84.4 Å². The minimum Gasteiger partial charge on any atom is -0.486 e. The Morgan fingerprint density at radius 1 is 1.64 bits per heavy atom. The third kappa shape index (κ3) is 2.11. The van der Waals surface area contributed by atoms with E-state index in [1.807, 2.05) is 0 Å². The topological polar surface area (TPSA) is 52.4 Å². The van der Waals surface area contributed by atoms with Crippen molar-refractivity contribution in [2.24, 2.45) is 0 Å². The van der Waals surface area contributed by atoms with Crippen molar-refractivity contribution < 1.29 is 14.1 Å². The Morgan fingerprint density at radius 3 is 2.79 bits per heavy atom. The number of benzene rings is 1. The largest absolute Gasteiger partial charge is 0.486 e. The molecule has 76 valence electrons. The predicted molar refractivity (Wildman–Crippen MR) is 49.2 cm³/mol. The molecule has 0 aromatic heterocycles. The van der Waals surface area contributed by atoms with Gasteiger partial charge in [0.25, 0.3) is 0 Å². The predicted octanol–water partition coefficient (Wildman–Crippen LogP) is 2.79. The van der Waals surface area contributed by atoms with Gasteiger partial charge in [0.2, 0.25) is 5.75 Å². The number of nitro benzene ring substituents is 1. The Hall–Kier alpha value is -1.36. The van der Waals surface area contributed by atoms with Crippen molar-refractivity contribution in [2.75, 3.05) is 6.61 Å². The van der Waals surface area contributed by atoms with Gasteiger partial charge in [-0.05, 0) is 13.0 Å². The van der Waals surface area contributed by atoms with Crippen molar-refractivity contribution in [1.29, 1.82) is 0 Å². The van der Waals surface area contributed by atoms with E-state index in [0.717, 1.165) is 12.1 Å². The van der Waals surface area contributed by atoms with Crippen LogP contribution < -0.4 is 4.74 Å². The van der Waals surface area contributed by atoms with Crippen LogP contribution in [-0.4, -0.2) is 11.5 Å². The first kappa shape index (κ1) is 10.7. The van der Waals surface area contributed by atoms with E-state index in [0.29, 0.717) is 0 Å². The van der Waals surface area contributed by atoms with Gasteiger partial charge in [0.15, 0.2) is 0 Å². The summed E-state index contributed by atoms with van der Waals surface area (Å²) >= 11 is 5.59. The third-order valence-electron chi connectivity index (χ3n) is 1.47. The van der Waals surface area contributed by atoms with Gasteiger partial charge < -0.3 is 4.74 Å². The molecule has 6 heteroatoms. The van der Waals surface area contributed by atoms with E-state index in [1.165, 1.54) is 0 Å². The zero-order chi connectivity index (χ0) is 10.7. The van der Waals surface area contributed by atoms with Gasteiger partial charge in [-0.3, -0.25) is 10.1 Å². The summed E-state index contributed by atoms with van der Waals surface area (Å²) in [4.78, 5) is 9.77. The molecular formula is C8H7ClFNO3. The van der Waals surface area contributed by atoms with Gasteiger partial charge in [-0.1, -0.05) is 11.6 Å². The summed E-state index contributed by atoms with van der Waals surface area (Å²) in [5.41, 5.74) is -0.461. The number of rotatable bonds is 3. The highest BCUT2D eigenvalue weighted by molar-refractivity contribution is 6.32. The fraction of sp³-hybridized carbons (Fsp3) is 0.250. The van der Waals surface area contributed by atoms with Crippen molar-refractivity contribution in [1.82, 2.24) is 0 Å². The van der Waals surface area contributed by atoms with Gasteiger partial charge >= 0.3 is 5.69 Å². The first-order valence-electron chi connectivity index (χ1n) is 3.82. The summed E-state index contributed by atoms with van der Waals surface area (Å²) in [7, 11) is 0. The van der Waals surface area contributed by atoms with E-state index < -0.39 is 16.4 Å². The van der Waals surface area contributed by atoms with Crippen molar-refractivity contribution in [3.05, 3.63) is 33.1 Å². The van der Waals surface area contributed by atoms with Gasteiger partial charge in [-0.2, -0.15) is 0 Å². The Balaban J connectivity index is 3.28. The van der Waals surface area contributed by atoms with Gasteiger partial charge in [-0.25, -0.2) is 4.39 Å². The molecule has 1 aromatic carbocycles. The second kappa shape index (κ2) is 4.23. The molecule has 1 rings (SSSR count). The standard InChI is InChI=1S/C8H7ClFNO3/c1-2-14-8-6(9)3-5(10)4-7(8)11(12)13/h3-4H,2H2,1H3. The zero-order valence-corrected chi connectivity index (χ0v) is 8.05. The van der Waals surface area contributed by atoms with Crippen molar-refractivity contribution in [3.8, 4) is 5.75 Å². The quantitative estimate of drug-likeness (QED) is 0.580. The minimum absolute atomic E-state index is 0.0967. The van der Waals surface area contributed by atoms with E-state index in [9.17, 15) is 14.5 Å². The van der Waals surface area contributed by atoms with E-state index in [2.05, 4.69) is 0 Å². The number of halogens is 2. The highest BCUT2D eigenvalue weighted by Gasteiger charge is 2.20. The zero-order valence-electron chi connectivity index (χ0n) is 7.29. The van der Waals surface area contributed by atoms with Gasteiger partial charge in [0, 0.05) is 0 Å². The Bertz CT molecular complexity index is 370. The molecule has 0 atom stereocenters. The molecule has 0 bridgehead atoms. The summed E-state index contributed by atoms with van der Waals surface area (Å²) in [6.07, 6.45) is 0. The van der Waals surface area contributed by atoms with Crippen LogP contribution in [0.1, 0.15) is 6.92 Å². The molecular weight excluding hydrogens is 213 g/mol. The van der Waals surface area contributed by atoms with E-state index in [-0.39, 0.29) is 17.4 Å². The van der Waals surface area contributed by atoms with E-state index in [1.54, 1.807) is 6.92 Å². The number of hydrogen-bond acceptors (Lipinski definition) is 3. The summed E-state index contributed by atoms with van der Waals surface area (Å²) in [6, 6.07) is 1.75. The van der Waals surface area contributed by atoms with Crippen LogP contribution in [0.4, 0.5) is 10.1 Å². The number of nitro groups is 1. The second-order valence-corrected chi connectivity index (χ2v) is 2.83. The molecule has 1 aromatic rings. The average molecular weight is 220 g/mol. The summed E-state index contributed by atoms with van der Waals surface area (Å²) in [5, 5.41) is 10.4. The second-order valence-electron chi connectivity index (χ2n) is 2.43. The molecule has 0 amide bonds. The van der Waals surface area contributed by atoms with Crippen LogP contribution in [0.5, 0.6) is 5.75 Å². The van der Waals surface area contributed by atoms with Crippen LogP contribution >= 0.6 is 11.6 Å². The summed E-state index contributed by atoms with van der Waals surface area (Å²) in [5.74, 6) is -0.856. The Morgan fingerprint density at radius 2 is 2.29 bits per heavy atom. The SMILES string of the molecule is CCOc1c(Cl)cc(F)cc1[N+](=O)[O-]. The molecule has 0 saturated heterocycles. The molecule has 0 fully saturated rings. The fourth-order valence-electron chi connectivity index (χ4n) is 0.970. The molecule has 0 aliphatic heterocycles. The summed E-state index contributed by atoms with van der Waals surface area (Å²) in [6.45, 7) is 1.88. The lowest BCUT2D eigenvalue weighted by Gasteiger charge is -2.05. The van der Waals surface area contributed by atoms with Crippen LogP contribution in [0, 0.1) is 15.9 Å². The molecule has 0 heterocycles. The van der Waals surface area contributed by atoms with Crippen molar-refractivity contribution in [3.63, 3.8) is 0 Å². The lowest BCUT2D eigenvalue weighted by atomic mass is 10.3. The van der Waals surface area contributed by atoms with Crippen LogP contribution in [0.2, 0.25) is 5.02 Å². The minimum atomic E-state index is -0.759. The third-order valence-corrected chi connectivity index (χ3v) is 1.75. The first-order chi connectivity index (χ1) is 6.56. The monoisotopic (exact) mass is 219 g/mol. The molecule has 0 saturated carbocycles. The fourth-order valence-corrected chi connectivity index (χ4v) is 1.23. The van der Waals surface area contributed by atoms with Crippen LogP contribution in [0.25, 0.3) is 0 Å². The lowest BCUT2D eigenvalue weighted by Crippen LogP contribution is -1.99. The van der Waals surface area contributed by atoms with Crippen LogP contribution in [-0.2, 0) is 0 Å². The van der Waals surface area contributed by atoms with E-state index >= 15 is 0 Å². The highest BCUT2D eigenvalue weighted by Crippen LogP contribution is 2.35. The maximum absolute atomic E-state index is 12.8. The van der Waals surface area contributed by atoms with Gasteiger partial charge in [-0.15, -0.1) is 0 Å². The van der Waals surface area contributed by atoms with Crippen LogP contribution in [0.3, 0.4) is 0 Å². The van der Waals surface area contributed by atoms with Crippen LogP contribution in [0.15, 0.2) is 12.1 Å². The highest BCUT2D eigenvalue weighted by atomic mass is 35.5. The normalized spacial score (nSPS) is 9.93. The van der Waals surface area contributed by atoms with Crippen molar-refractivity contribution in [2.45, 2.75) is 6.92 Å². The van der Waals surface area contributed by atoms with Gasteiger partial charge in [0.1, 0.15) is 5.82 Å². The van der Waals surface area contributed by atoms with Gasteiger partial charge in [0.05, 0.1) is 22.6 Å². The molecule has 0 radical (unpaired) electrons. The Kier molecular flexibility index (Phi) is 3.24. The molecule has 14 heavy (non-hydrogen) atoms. The molecule has 0 aliphatic rings. The molecule has 4 nitrogen and oxygen atoms in total. The number of ether oxygens (including phenoxy) is 1. The van der Waals surface area contributed by atoms with E-state index in [4.69, 9.17) is 16.3 Å². The molecule has 0 unspecified atom stereocenters. The molecule has 0 spiro atoms. The maximum Gasteiger partial charge on any atom is 0.315 e. The smallest absolute Gasteiger partial charge is 0.315 e. The first-order valence-corrected chi connectivity index (χ1v) is 4.20. The number of hydrogen-bond donors (Lipinski definition) is 0. The summed E-state index contributed by atoms with van der Waals surface area (Å²) < 4.78 is 17.7. The average Bonchev–Trinajstić information content (AvgIpc) is 2.09. The molecule has 0 aliphatic carbocycles. The lowest BCUT2D eigenvalue weighted by molar-refractivity contribution is -0.386. The molecule has 0 N–H and O–H groups in total. The number of nitrogens with zero attached hydrogens (tertiary/aromatic N) is 1. The maximum atomic E-state index is 12.8. The van der Waals surface area contributed by atoms with Crippen molar-refractivity contribution >= 4 is 17.3 Å².